The number of aliphatic carboxylic acids is 4. The Bertz CT molecular complexity index is 951. The average molecular weight is 659 g/mol. The summed E-state index contributed by atoms with van der Waals surface area (Å²) in [6.45, 7) is 20.4. The maximum Gasteiger partial charge on any atom is 0.330 e. The Balaban J connectivity index is 5.78. The van der Waals surface area contributed by atoms with Crippen molar-refractivity contribution in [1.82, 2.24) is 0 Å². The van der Waals surface area contributed by atoms with Gasteiger partial charge in [0.1, 0.15) is 0 Å². The van der Waals surface area contributed by atoms with E-state index in [-0.39, 0.29) is 10.4 Å². The summed E-state index contributed by atoms with van der Waals surface area (Å²) in [5, 5.41) is 36.7. The van der Waals surface area contributed by atoms with E-state index in [9.17, 15) is 29.4 Å². The molecule has 0 amide bonds. The molecule has 0 fully saturated rings. The standard InChI is InChI=1S/C20H42O13Si6/c1-34(2,15(19(25)26)13-17(21)22)29-36(5,6)31-38(9,10)33-39(11,12)32-37(7,8)30-35(3,4)16(20(27)28)14-18(23)24/h13-14H,1-12H3,(H,21,22)(H,23,24)(H,25,26)(H,27,28). The van der Waals surface area contributed by atoms with Gasteiger partial charge in [-0.05, 0) is 78.6 Å². The first kappa shape index (κ1) is 37.5. The first-order valence-corrected chi connectivity index (χ1v) is 29.0. The molecule has 0 aromatic heterocycles. The lowest BCUT2D eigenvalue weighted by Gasteiger charge is -2.43. The first-order chi connectivity index (χ1) is 17.0. The van der Waals surface area contributed by atoms with Crippen molar-refractivity contribution in [3.05, 3.63) is 22.5 Å². The molecule has 0 saturated carbocycles. The minimum atomic E-state index is -3.19. The van der Waals surface area contributed by atoms with Gasteiger partial charge < -0.3 is 41.0 Å². The van der Waals surface area contributed by atoms with Crippen LogP contribution >= 0.6 is 0 Å². The van der Waals surface area contributed by atoms with Gasteiger partial charge in [-0.1, -0.05) is 0 Å². The van der Waals surface area contributed by atoms with Gasteiger partial charge in [0, 0.05) is 12.2 Å². The van der Waals surface area contributed by atoms with Gasteiger partial charge in [0.05, 0.1) is 10.4 Å². The molecule has 0 spiro atoms. The van der Waals surface area contributed by atoms with Crippen molar-refractivity contribution >= 4 is 74.8 Å². The molecule has 39 heavy (non-hydrogen) atoms. The third-order valence-corrected chi connectivity index (χ3v) is 27.9. The Kier molecular flexibility index (Phi) is 12.5. The van der Waals surface area contributed by atoms with Gasteiger partial charge in [0.2, 0.25) is 16.6 Å². The van der Waals surface area contributed by atoms with Crippen LogP contribution in [-0.2, 0) is 39.8 Å². The maximum absolute atomic E-state index is 11.7. The van der Waals surface area contributed by atoms with Crippen LogP contribution in [-0.4, -0.2) is 95.2 Å². The van der Waals surface area contributed by atoms with E-state index in [1.54, 1.807) is 78.6 Å². The minimum Gasteiger partial charge on any atom is -0.478 e. The van der Waals surface area contributed by atoms with Crippen LogP contribution in [0.3, 0.4) is 0 Å². The molecule has 4 N–H and O–H groups in total. The SMILES string of the molecule is C[Si](C)(O[Si](C)(C)O[Si](C)(C)O[Si](C)(C)C(=CC(=O)O)C(=O)O)O[Si](C)(C)O[Si](C)(C)C(=CC(=O)O)C(=O)O. The maximum atomic E-state index is 11.7. The summed E-state index contributed by atoms with van der Waals surface area (Å²) in [7, 11) is -18.4. The molecule has 0 aliphatic heterocycles. The molecule has 0 rings (SSSR count). The molecule has 0 saturated heterocycles. The lowest BCUT2D eigenvalue weighted by Crippen LogP contribution is -2.60. The monoisotopic (exact) mass is 658 g/mol. The highest BCUT2D eigenvalue weighted by atomic mass is 28.5. The van der Waals surface area contributed by atoms with E-state index in [1.165, 1.54) is 0 Å². The molecule has 19 heteroatoms. The fourth-order valence-corrected chi connectivity index (χ4v) is 33.5. The molecule has 0 atom stereocenters. The topological polar surface area (TPSA) is 195 Å². The summed E-state index contributed by atoms with van der Waals surface area (Å²) in [6, 6.07) is 0. The molecule has 13 nitrogen and oxygen atoms in total. The quantitative estimate of drug-likeness (QED) is 0.139. The van der Waals surface area contributed by atoms with Gasteiger partial charge >= 0.3 is 58.1 Å². The van der Waals surface area contributed by atoms with E-state index in [0.717, 1.165) is 0 Å². The van der Waals surface area contributed by atoms with Crippen molar-refractivity contribution in [3.63, 3.8) is 0 Å². The molecule has 0 aromatic carbocycles. The zero-order chi connectivity index (χ0) is 31.4. The Morgan fingerprint density at radius 3 is 0.821 bits per heavy atom. The van der Waals surface area contributed by atoms with Crippen LogP contribution in [0.1, 0.15) is 0 Å². The molecule has 0 bridgehead atoms. The minimum absolute atomic E-state index is 0.299. The highest BCUT2D eigenvalue weighted by Gasteiger charge is 2.49. The summed E-state index contributed by atoms with van der Waals surface area (Å²) in [5.41, 5.74) is 0. The van der Waals surface area contributed by atoms with Crippen molar-refractivity contribution in [2.45, 2.75) is 78.6 Å². The molecule has 0 unspecified atom stereocenters. The summed E-state index contributed by atoms with van der Waals surface area (Å²) in [4.78, 5) is 45.7. The van der Waals surface area contributed by atoms with E-state index in [2.05, 4.69) is 0 Å². The second-order valence-corrected chi connectivity index (χ2v) is 33.9. The molecule has 0 aliphatic carbocycles. The van der Waals surface area contributed by atoms with E-state index in [4.69, 9.17) is 30.8 Å². The van der Waals surface area contributed by atoms with E-state index >= 15 is 0 Å². The Labute approximate surface area is 235 Å². The fourth-order valence-electron chi connectivity index (χ4n) is 4.43. The molecule has 0 aromatic rings. The van der Waals surface area contributed by atoms with Gasteiger partial charge in [-0.15, -0.1) is 0 Å². The zero-order valence-corrected chi connectivity index (χ0v) is 30.6. The lowest BCUT2D eigenvalue weighted by atomic mass is 10.5. The van der Waals surface area contributed by atoms with Gasteiger partial charge in [-0.3, -0.25) is 0 Å². The van der Waals surface area contributed by atoms with Crippen molar-refractivity contribution in [1.29, 1.82) is 0 Å². The van der Waals surface area contributed by atoms with Gasteiger partial charge in [-0.25, -0.2) is 19.2 Å². The second kappa shape index (κ2) is 13.0. The normalized spacial score (nSPS) is 14.8. The molecular weight excluding hydrogens is 617 g/mol. The fraction of sp³-hybridized carbons (Fsp3) is 0.600. The number of hydrogen-bond acceptors (Lipinski definition) is 9. The van der Waals surface area contributed by atoms with Crippen LogP contribution in [0.5, 0.6) is 0 Å². The van der Waals surface area contributed by atoms with Crippen molar-refractivity contribution in [3.8, 4) is 0 Å². The average Bonchev–Trinajstić information content (AvgIpc) is 2.57. The zero-order valence-electron chi connectivity index (χ0n) is 24.6. The van der Waals surface area contributed by atoms with Crippen LogP contribution in [0.25, 0.3) is 0 Å². The van der Waals surface area contributed by atoms with Crippen LogP contribution in [0.4, 0.5) is 0 Å². The van der Waals surface area contributed by atoms with E-state index in [0.29, 0.717) is 12.2 Å². The lowest BCUT2D eigenvalue weighted by molar-refractivity contribution is -0.134. The predicted molar refractivity (Wildman–Crippen MR) is 157 cm³/mol. The number of carboxylic acid groups (broad SMARTS) is 4. The van der Waals surface area contributed by atoms with E-state index < -0.39 is 74.8 Å². The number of carbonyl (C=O) groups is 4. The third kappa shape index (κ3) is 13.6. The Hall–Kier alpha value is -1.54. The van der Waals surface area contributed by atoms with Crippen molar-refractivity contribution < 1.29 is 60.2 Å². The highest BCUT2D eigenvalue weighted by Crippen LogP contribution is 2.30. The molecule has 0 radical (unpaired) electrons. The summed E-state index contributed by atoms with van der Waals surface area (Å²) in [6.07, 6.45) is 1.31. The van der Waals surface area contributed by atoms with Gasteiger partial charge in [-0.2, -0.15) is 0 Å². The second-order valence-electron chi connectivity index (χ2n) is 11.5. The molecular formula is C20H42O13Si6. The number of hydrogen-bond donors (Lipinski definition) is 4. The Morgan fingerprint density at radius 2 is 0.641 bits per heavy atom. The summed E-state index contributed by atoms with van der Waals surface area (Å²) in [5.74, 6) is -5.49. The van der Waals surface area contributed by atoms with Crippen LogP contribution < -0.4 is 0 Å². The molecule has 0 heterocycles. The largest absolute Gasteiger partial charge is 0.478 e. The van der Waals surface area contributed by atoms with Gasteiger partial charge in [0.25, 0.3) is 0 Å². The third-order valence-electron chi connectivity index (χ3n) is 4.77. The molecule has 224 valence electrons. The summed E-state index contributed by atoms with van der Waals surface area (Å²) >= 11 is 0. The predicted octanol–water partition coefficient (Wildman–Crippen LogP) is 3.56. The van der Waals surface area contributed by atoms with E-state index in [1.807, 2.05) is 0 Å². The van der Waals surface area contributed by atoms with Crippen LogP contribution in [0.15, 0.2) is 22.5 Å². The Morgan fingerprint density at radius 1 is 0.436 bits per heavy atom. The first-order valence-electron chi connectivity index (χ1n) is 11.9. The van der Waals surface area contributed by atoms with Gasteiger partial charge in [0.15, 0.2) is 0 Å². The smallest absolute Gasteiger partial charge is 0.330 e. The van der Waals surface area contributed by atoms with Crippen LogP contribution in [0, 0.1) is 0 Å². The number of rotatable bonds is 16. The molecule has 0 aliphatic rings. The van der Waals surface area contributed by atoms with Crippen LogP contribution in [0.2, 0.25) is 78.6 Å². The van der Waals surface area contributed by atoms with Crippen molar-refractivity contribution in [2.75, 3.05) is 0 Å². The summed E-state index contributed by atoms with van der Waals surface area (Å²) < 4.78 is 31.5. The van der Waals surface area contributed by atoms with Crippen molar-refractivity contribution in [2.24, 2.45) is 0 Å². The number of carboxylic acids is 4. The highest BCUT2D eigenvalue weighted by molar-refractivity contribution is 6.94.